The summed E-state index contributed by atoms with van der Waals surface area (Å²) >= 11 is 0. The molecule has 3 nitrogen and oxygen atoms in total. The second kappa shape index (κ2) is 3.42. The summed E-state index contributed by atoms with van der Waals surface area (Å²) in [5.41, 5.74) is 0.354. The van der Waals surface area contributed by atoms with Crippen LogP contribution in [-0.2, 0) is 9.53 Å². The van der Waals surface area contributed by atoms with E-state index in [4.69, 9.17) is 4.74 Å². The quantitative estimate of drug-likeness (QED) is 0.540. The van der Waals surface area contributed by atoms with Gasteiger partial charge in [-0.25, -0.2) is 4.79 Å². The van der Waals surface area contributed by atoms with Gasteiger partial charge in [0.2, 0.25) is 0 Å². The van der Waals surface area contributed by atoms with Crippen molar-refractivity contribution in [1.82, 2.24) is 0 Å². The minimum atomic E-state index is -0.421. The number of allylic oxidation sites excluding steroid dienone is 1. The maximum Gasteiger partial charge on any atom is 0.333 e. The first-order valence-electron chi connectivity index (χ1n) is 3.82. The molecule has 0 atom stereocenters. The molecule has 0 aliphatic heterocycles. The molecule has 0 aromatic rings. The van der Waals surface area contributed by atoms with Crippen molar-refractivity contribution in [2.45, 2.75) is 26.2 Å². The maximum atomic E-state index is 11.0. The Balaban J connectivity index is 2.59. The third-order valence-corrected chi connectivity index (χ3v) is 1.69. The fraction of sp³-hybridized carbons (Fsp3) is 0.625. The van der Waals surface area contributed by atoms with E-state index in [0.717, 1.165) is 6.42 Å². The zero-order valence-corrected chi connectivity index (χ0v) is 6.55. The van der Waals surface area contributed by atoms with E-state index in [-0.39, 0.29) is 5.76 Å². The Hall–Kier alpha value is -0.990. The Morgan fingerprint density at radius 1 is 1.64 bits per heavy atom. The molecule has 0 spiro atoms. The fourth-order valence-electron chi connectivity index (χ4n) is 1.15. The highest BCUT2D eigenvalue weighted by Gasteiger charge is 2.15. The number of carbonyl (C=O) groups excluding carboxylic acids is 1. The highest BCUT2D eigenvalue weighted by atomic mass is 16.5. The first kappa shape index (κ1) is 8.11. The molecule has 1 aliphatic carbocycles. The van der Waals surface area contributed by atoms with Gasteiger partial charge in [0.25, 0.3) is 0 Å². The van der Waals surface area contributed by atoms with Gasteiger partial charge in [-0.15, -0.1) is 5.76 Å². The van der Waals surface area contributed by atoms with Crippen molar-refractivity contribution in [1.29, 1.82) is 0 Å². The third-order valence-electron chi connectivity index (χ3n) is 1.69. The van der Waals surface area contributed by atoms with Crippen LogP contribution in [0.15, 0.2) is 11.3 Å². The molecule has 0 amide bonds. The van der Waals surface area contributed by atoms with Gasteiger partial charge >= 0.3 is 5.97 Å². The highest BCUT2D eigenvalue weighted by Crippen LogP contribution is 2.22. The lowest BCUT2D eigenvalue weighted by Gasteiger charge is -2.08. The van der Waals surface area contributed by atoms with Gasteiger partial charge in [-0.05, 0) is 26.2 Å². The maximum absolute atomic E-state index is 11.0. The molecule has 0 unspecified atom stereocenters. The normalized spacial score (nSPS) is 17.2. The number of hydrogen-bond acceptors (Lipinski definition) is 3. The van der Waals surface area contributed by atoms with Gasteiger partial charge in [0.05, 0.1) is 6.61 Å². The monoisotopic (exact) mass is 155 g/mol. The van der Waals surface area contributed by atoms with Crippen LogP contribution in [0.25, 0.3) is 0 Å². The summed E-state index contributed by atoms with van der Waals surface area (Å²) in [5.74, 6) is -0.460. The molecule has 11 heavy (non-hydrogen) atoms. The van der Waals surface area contributed by atoms with E-state index in [1.807, 2.05) is 0 Å². The minimum absolute atomic E-state index is 0.0385. The average molecular weight is 155 g/mol. The lowest BCUT2D eigenvalue weighted by Crippen LogP contribution is -2.12. The fourth-order valence-corrected chi connectivity index (χ4v) is 1.15. The zero-order chi connectivity index (χ0) is 8.27. The molecule has 0 fully saturated rings. The van der Waals surface area contributed by atoms with E-state index in [1.165, 1.54) is 0 Å². The predicted molar refractivity (Wildman–Crippen MR) is 37.5 cm³/mol. The molecule has 0 N–H and O–H groups in total. The van der Waals surface area contributed by atoms with Gasteiger partial charge in [0, 0.05) is 5.57 Å². The van der Waals surface area contributed by atoms with E-state index in [1.54, 1.807) is 6.92 Å². The Labute approximate surface area is 65.7 Å². The molecule has 0 heterocycles. The Morgan fingerprint density at radius 2 is 2.36 bits per heavy atom. The molecule has 0 aromatic carbocycles. The van der Waals surface area contributed by atoms with Gasteiger partial charge in [0.15, 0.2) is 0 Å². The van der Waals surface area contributed by atoms with Gasteiger partial charge in [-0.1, -0.05) is 0 Å². The van der Waals surface area contributed by atoms with Crippen molar-refractivity contribution in [3.63, 3.8) is 0 Å². The minimum Gasteiger partial charge on any atom is -0.875 e. The van der Waals surface area contributed by atoms with E-state index < -0.39 is 5.97 Å². The molecule has 0 radical (unpaired) electrons. The summed E-state index contributed by atoms with van der Waals surface area (Å²) in [4.78, 5) is 11.0. The first-order chi connectivity index (χ1) is 5.25. The lowest BCUT2D eigenvalue weighted by molar-refractivity contribution is -0.306. The predicted octanol–water partition coefficient (Wildman–Crippen LogP) is 0.348. The summed E-state index contributed by atoms with van der Waals surface area (Å²) in [6.07, 6.45) is 1.90. The Bertz CT molecular complexity index is 194. The summed E-state index contributed by atoms with van der Waals surface area (Å²) in [6, 6.07) is 0. The molecule has 0 saturated heterocycles. The van der Waals surface area contributed by atoms with Crippen LogP contribution in [0.4, 0.5) is 0 Å². The average Bonchev–Trinajstić information content (AvgIpc) is 2.36. The van der Waals surface area contributed by atoms with E-state index in [2.05, 4.69) is 0 Å². The Morgan fingerprint density at radius 3 is 2.82 bits per heavy atom. The smallest absolute Gasteiger partial charge is 0.333 e. The van der Waals surface area contributed by atoms with Crippen LogP contribution in [0.2, 0.25) is 0 Å². The van der Waals surface area contributed by atoms with Crippen LogP contribution >= 0.6 is 0 Å². The van der Waals surface area contributed by atoms with Gasteiger partial charge < -0.3 is 9.84 Å². The Kier molecular flexibility index (Phi) is 2.52. The van der Waals surface area contributed by atoms with Crippen molar-refractivity contribution in [2.24, 2.45) is 0 Å². The van der Waals surface area contributed by atoms with Crippen LogP contribution in [0, 0.1) is 0 Å². The van der Waals surface area contributed by atoms with Crippen LogP contribution in [0.1, 0.15) is 26.2 Å². The van der Waals surface area contributed by atoms with Crippen LogP contribution in [0.3, 0.4) is 0 Å². The van der Waals surface area contributed by atoms with Gasteiger partial charge in [-0.3, -0.25) is 0 Å². The summed E-state index contributed by atoms with van der Waals surface area (Å²) in [5, 5.41) is 11.0. The lowest BCUT2D eigenvalue weighted by atomic mass is 10.2. The highest BCUT2D eigenvalue weighted by molar-refractivity contribution is 5.89. The molecule has 3 heteroatoms. The first-order valence-corrected chi connectivity index (χ1v) is 3.82. The number of hydrogen-bond donors (Lipinski definition) is 0. The van der Waals surface area contributed by atoms with Crippen LogP contribution < -0.4 is 5.11 Å². The second-order valence-corrected chi connectivity index (χ2v) is 2.48. The van der Waals surface area contributed by atoms with Crippen molar-refractivity contribution < 1.29 is 14.6 Å². The number of rotatable bonds is 2. The van der Waals surface area contributed by atoms with Crippen molar-refractivity contribution in [3.05, 3.63) is 11.3 Å². The summed E-state index contributed by atoms with van der Waals surface area (Å²) in [6.45, 7) is 2.08. The number of esters is 1. The molecule has 0 saturated carbocycles. The topological polar surface area (TPSA) is 49.4 Å². The van der Waals surface area contributed by atoms with Crippen molar-refractivity contribution >= 4 is 5.97 Å². The van der Waals surface area contributed by atoms with Gasteiger partial charge in [0.1, 0.15) is 0 Å². The largest absolute Gasteiger partial charge is 0.875 e. The van der Waals surface area contributed by atoms with Crippen molar-refractivity contribution in [2.75, 3.05) is 6.61 Å². The molecule has 0 bridgehead atoms. The summed E-state index contributed by atoms with van der Waals surface area (Å²) < 4.78 is 4.70. The van der Waals surface area contributed by atoms with Crippen LogP contribution in [-0.4, -0.2) is 12.6 Å². The standard InChI is InChI=1S/C8H12O3/c1-2-11-8(10)6-4-3-5-7(6)9/h9H,2-5H2,1H3/p-1. The van der Waals surface area contributed by atoms with E-state index >= 15 is 0 Å². The molecule has 1 aliphatic rings. The number of ether oxygens (including phenoxy) is 1. The molecular weight excluding hydrogens is 144 g/mol. The van der Waals surface area contributed by atoms with Crippen LogP contribution in [0.5, 0.6) is 0 Å². The molecule has 1 rings (SSSR count). The molecule has 0 aromatic heterocycles. The zero-order valence-electron chi connectivity index (χ0n) is 6.55. The third kappa shape index (κ3) is 1.73. The second-order valence-electron chi connectivity index (χ2n) is 2.48. The van der Waals surface area contributed by atoms with Crippen molar-refractivity contribution in [3.8, 4) is 0 Å². The van der Waals surface area contributed by atoms with E-state index in [0.29, 0.717) is 25.0 Å². The number of carbonyl (C=O) groups is 1. The summed E-state index contributed by atoms with van der Waals surface area (Å²) in [7, 11) is 0. The van der Waals surface area contributed by atoms with Gasteiger partial charge in [-0.2, -0.15) is 0 Å². The molecule has 62 valence electrons. The SMILES string of the molecule is CCOC(=O)C1=C([O-])CCC1. The molecular formula is C8H11O3-. The van der Waals surface area contributed by atoms with E-state index in [9.17, 15) is 9.90 Å².